The molecule has 1 atom stereocenters. The molecule has 2 aliphatic rings. The molecule has 6 nitrogen and oxygen atoms in total. The molecule has 0 spiro atoms. The van der Waals surface area contributed by atoms with Crippen molar-refractivity contribution in [2.45, 2.75) is 51.7 Å². The third-order valence-electron chi connectivity index (χ3n) is 3.92. The number of carbonyl (C=O) groups is 2. The number of hydrogen-bond donors (Lipinski definition) is 2. The van der Waals surface area contributed by atoms with Gasteiger partial charge in [0, 0.05) is 31.6 Å². The average Bonchev–Trinajstić information content (AvgIpc) is 2.90. The molecule has 0 aromatic carbocycles. The standard InChI is InChI=1S/C15H27N3O3/c1-15(2,3)21-14(20)18-8-5-11(6-9-18)13(19)17-12-4-7-16-10-12/h11-12,16H,4-10H2,1-3H3,(H,17,19)/t12-/m0/s1. The fraction of sp³-hybridized carbons (Fsp3) is 0.867. The smallest absolute Gasteiger partial charge is 0.410 e. The van der Waals surface area contributed by atoms with Crippen LogP contribution in [0.25, 0.3) is 0 Å². The van der Waals surface area contributed by atoms with Gasteiger partial charge in [0.2, 0.25) is 5.91 Å². The molecule has 0 bridgehead atoms. The first kappa shape index (κ1) is 16.1. The van der Waals surface area contributed by atoms with Crippen LogP contribution in [0.1, 0.15) is 40.0 Å². The zero-order valence-electron chi connectivity index (χ0n) is 13.3. The number of likely N-dealkylation sites (tertiary alicyclic amines) is 1. The molecule has 21 heavy (non-hydrogen) atoms. The number of ether oxygens (including phenoxy) is 1. The van der Waals surface area contributed by atoms with Crippen LogP contribution in [0.3, 0.4) is 0 Å². The van der Waals surface area contributed by atoms with Gasteiger partial charge >= 0.3 is 6.09 Å². The van der Waals surface area contributed by atoms with E-state index in [4.69, 9.17) is 4.74 Å². The number of piperidine rings is 1. The minimum absolute atomic E-state index is 0.0179. The Kier molecular flexibility index (Phi) is 5.08. The number of hydrogen-bond acceptors (Lipinski definition) is 4. The maximum absolute atomic E-state index is 12.2. The van der Waals surface area contributed by atoms with Crippen molar-refractivity contribution < 1.29 is 14.3 Å². The number of nitrogens with one attached hydrogen (secondary N) is 2. The van der Waals surface area contributed by atoms with Crippen LogP contribution >= 0.6 is 0 Å². The Labute approximate surface area is 126 Å². The predicted molar refractivity (Wildman–Crippen MR) is 79.9 cm³/mol. The van der Waals surface area contributed by atoms with Crippen molar-refractivity contribution in [1.29, 1.82) is 0 Å². The van der Waals surface area contributed by atoms with Crippen molar-refractivity contribution >= 4 is 12.0 Å². The number of rotatable bonds is 2. The quantitative estimate of drug-likeness (QED) is 0.801. The van der Waals surface area contributed by atoms with E-state index in [9.17, 15) is 9.59 Å². The normalized spacial score (nSPS) is 24.0. The Morgan fingerprint density at radius 3 is 2.38 bits per heavy atom. The zero-order valence-corrected chi connectivity index (χ0v) is 13.3. The van der Waals surface area contributed by atoms with E-state index in [-0.39, 0.29) is 24.0 Å². The van der Waals surface area contributed by atoms with Gasteiger partial charge < -0.3 is 20.3 Å². The van der Waals surface area contributed by atoms with Gasteiger partial charge in [-0.25, -0.2) is 4.79 Å². The summed E-state index contributed by atoms with van der Waals surface area (Å²) in [6.07, 6.45) is 2.15. The summed E-state index contributed by atoms with van der Waals surface area (Å²) < 4.78 is 5.36. The number of amides is 2. The summed E-state index contributed by atoms with van der Waals surface area (Å²) in [6, 6.07) is 0.265. The summed E-state index contributed by atoms with van der Waals surface area (Å²) in [4.78, 5) is 25.9. The highest BCUT2D eigenvalue weighted by Crippen LogP contribution is 2.20. The second-order valence-corrected chi connectivity index (χ2v) is 6.94. The fourth-order valence-electron chi connectivity index (χ4n) is 2.75. The Morgan fingerprint density at radius 2 is 1.86 bits per heavy atom. The molecule has 0 aliphatic carbocycles. The molecule has 2 saturated heterocycles. The predicted octanol–water partition coefficient (Wildman–Crippen LogP) is 1.11. The summed E-state index contributed by atoms with van der Waals surface area (Å²) in [5, 5.41) is 6.33. The fourth-order valence-corrected chi connectivity index (χ4v) is 2.75. The van der Waals surface area contributed by atoms with Crippen LogP contribution in [-0.2, 0) is 9.53 Å². The molecule has 2 heterocycles. The summed E-state index contributed by atoms with van der Waals surface area (Å²) in [5.41, 5.74) is -0.471. The maximum Gasteiger partial charge on any atom is 0.410 e. The van der Waals surface area contributed by atoms with Gasteiger partial charge in [-0.15, -0.1) is 0 Å². The molecular weight excluding hydrogens is 270 g/mol. The van der Waals surface area contributed by atoms with E-state index in [2.05, 4.69) is 10.6 Å². The lowest BCUT2D eigenvalue weighted by Gasteiger charge is -2.33. The van der Waals surface area contributed by atoms with Gasteiger partial charge in [0.25, 0.3) is 0 Å². The molecule has 2 fully saturated rings. The molecule has 0 radical (unpaired) electrons. The van der Waals surface area contributed by atoms with Crippen molar-refractivity contribution in [2.24, 2.45) is 5.92 Å². The summed E-state index contributed by atoms with van der Waals surface area (Å²) in [5.74, 6) is 0.150. The highest BCUT2D eigenvalue weighted by Gasteiger charge is 2.30. The molecule has 0 aromatic heterocycles. The van der Waals surface area contributed by atoms with Gasteiger partial charge in [0.05, 0.1) is 0 Å². The number of nitrogens with zero attached hydrogens (tertiary/aromatic N) is 1. The largest absolute Gasteiger partial charge is 0.444 e. The highest BCUT2D eigenvalue weighted by molar-refractivity contribution is 5.79. The van der Waals surface area contributed by atoms with E-state index in [1.165, 1.54) is 0 Å². The van der Waals surface area contributed by atoms with E-state index in [1.807, 2.05) is 20.8 Å². The summed E-state index contributed by atoms with van der Waals surface area (Å²) >= 11 is 0. The van der Waals surface area contributed by atoms with Crippen molar-refractivity contribution in [1.82, 2.24) is 15.5 Å². The lowest BCUT2D eigenvalue weighted by atomic mass is 9.96. The molecule has 0 aromatic rings. The van der Waals surface area contributed by atoms with E-state index in [0.29, 0.717) is 25.9 Å². The van der Waals surface area contributed by atoms with Crippen molar-refractivity contribution in [3.05, 3.63) is 0 Å². The first-order valence-electron chi connectivity index (χ1n) is 7.84. The Balaban J connectivity index is 1.74. The molecule has 0 saturated carbocycles. The van der Waals surface area contributed by atoms with Crippen LogP contribution < -0.4 is 10.6 Å². The van der Waals surface area contributed by atoms with Gasteiger partial charge in [-0.05, 0) is 46.6 Å². The third kappa shape index (κ3) is 4.88. The van der Waals surface area contributed by atoms with E-state index >= 15 is 0 Å². The Bertz CT molecular complexity index is 378. The molecule has 2 rings (SSSR count). The van der Waals surface area contributed by atoms with Gasteiger partial charge in [-0.1, -0.05) is 0 Å². The molecule has 2 aliphatic heterocycles. The summed E-state index contributed by atoms with van der Waals surface area (Å²) in [7, 11) is 0. The van der Waals surface area contributed by atoms with E-state index in [0.717, 1.165) is 19.5 Å². The molecule has 2 N–H and O–H groups in total. The van der Waals surface area contributed by atoms with E-state index in [1.54, 1.807) is 4.90 Å². The van der Waals surface area contributed by atoms with Gasteiger partial charge in [0.1, 0.15) is 5.60 Å². The van der Waals surface area contributed by atoms with E-state index < -0.39 is 5.60 Å². The molecule has 120 valence electrons. The number of carbonyl (C=O) groups excluding carboxylic acids is 2. The van der Waals surface area contributed by atoms with Crippen LogP contribution in [0.2, 0.25) is 0 Å². The lowest BCUT2D eigenvalue weighted by Crippen LogP contribution is -2.46. The molecule has 2 amide bonds. The zero-order chi connectivity index (χ0) is 15.5. The van der Waals surface area contributed by atoms with Gasteiger partial charge in [-0.3, -0.25) is 4.79 Å². The Morgan fingerprint density at radius 1 is 1.19 bits per heavy atom. The van der Waals surface area contributed by atoms with Crippen LogP contribution in [0.5, 0.6) is 0 Å². The van der Waals surface area contributed by atoms with Crippen LogP contribution in [0.15, 0.2) is 0 Å². The Hall–Kier alpha value is -1.30. The molecular formula is C15H27N3O3. The van der Waals surface area contributed by atoms with Crippen LogP contribution in [0.4, 0.5) is 4.79 Å². The van der Waals surface area contributed by atoms with Crippen molar-refractivity contribution in [3.63, 3.8) is 0 Å². The van der Waals surface area contributed by atoms with Gasteiger partial charge in [0.15, 0.2) is 0 Å². The molecule has 6 heteroatoms. The van der Waals surface area contributed by atoms with Gasteiger partial charge in [-0.2, -0.15) is 0 Å². The first-order valence-corrected chi connectivity index (χ1v) is 7.84. The molecule has 0 unspecified atom stereocenters. The SMILES string of the molecule is CC(C)(C)OC(=O)N1CCC(C(=O)N[C@H]2CCNC2)CC1. The van der Waals surface area contributed by atoms with Crippen molar-refractivity contribution in [2.75, 3.05) is 26.2 Å². The second kappa shape index (κ2) is 6.64. The highest BCUT2D eigenvalue weighted by atomic mass is 16.6. The monoisotopic (exact) mass is 297 g/mol. The van der Waals surface area contributed by atoms with Crippen LogP contribution in [0, 0.1) is 5.92 Å². The average molecular weight is 297 g/mol. The first-order chi connectivity index (χ1) is 9.85. The topological polar surface area (TPSA) is 70.7 Å². The minimum atomic E-state index is -0.471. The second-order valence-electron chi connectivity index (χ2n) is 6.94. The maximum atomic E-state index is 12.2. The minimum Gasteiger partial charge on any atom is -0.444 e. The van der Waals surface area contributed by atoms with Crippen molar-refractivity contribution in [3.8, 4) is 0 Å². The third-order valence-corrected chi connectivity index (χ3v) is 3.92. The summed E-state index contributed by atoms with van der Waals surface area (Å²) in [6.45, 7) is 8.61. The van der Waals surface area contributed by atoms with Crippen LogP contribution in [-0.4, -0.2) is 54.7 Å². The lowest BCUT2D eigenvalue weighted by molar-refractivity contribution is -0.127.